The van der Waals surface area contributed by atoms with E-state index in [9.17, 15) is 57.8 Å². The summed E-state index contributed by atoms with van der Waals surface area (Å²) in [5, 5.41) is 31.0. The molecule has 0 unspecified atom stereocenters. The third kappa shape index (κ3) is 24.5. The number of carbonyl (C=O) groups excluding carboxylic acids is 10. The second-order valence-corrected chi connectivity index (χ2v) is 17.0. The molecule has 0 aliphatic rings. The Hall–Kier alpha value is -6.60. The SMILES string of the molecule is CC(C)C[C@H](NC(=O)CNC(=O)CNC(=O)[C@H](C)NC(=O)[C@H](CC(C)C)NC(=O)[C@H](C)NC(=O)[C@H](CC(N)=O)NC(=O)[C@H](CCCN=C(N)N)NC(=O)[C@@H](NC(=O)[C@H](C)N)C(C)C)C(=O)O. The molecule has 0 aromatic heterocycles. The highest BCUT2D eigenvalue weighted by molar-refractivity contribution is 5.98. The Balaban J connectivity index is 5.80. The number of guanidine groups is 1. The third-order valence-corrected chi connectivity index (χ3v) is 9.33. The Morgan fingerprint density at radius 2 is 1.00 bits per heavy atom. The van der Waals surface area contributed by atoms with Crippen LogP contribution in [0.3, 0.4) is 0 Å². The van der Waals surface area contributed by atoms with Crippen molar-refractivity contribution in [2.45, 2.75) is 143 Å². The number of hydrogen-bond acceptors (Lipinski definition) is 13. The number of aliphatic imine (C=N–C) groups is 1. The molecule has 18 N–H and O–H groups in total. The lowest BCUT2D eigenvalue weighted by molar-refractivity contribution is -0.142. The second kappa shape index (κ2) is 29.8. The highest BCUT2D eigenvalue weighted by Gasteiger charge is 2.34. The summed E-state index contributed by atoms with van der Waals surface area (Å²) >= 11 is 0. The van der Waals surface area contributed by atoms with Gasteiger partial charge in [0.1, 0.15) is 42.3 Å². The van der Waals surface area contributed by atoms with Crippen LogP contribution < -0.4 is 70.8 Å². The van der Waals surface area contributed by atoms with E-state index in [0.717, 1.165) is 0 Å². The number of carboxylic acid groups (broad SMARTS) is 1. The summed E-state index contributed by atoms with van der Waals surface area (Å²) in [5.41, 5.74) is 21.8. The van der Waals surface area contributed by atoms with Gasteiger partial charge < -0.3 is 75.9 Å². The Labute approximate surface area is 384 Å². The lowest BCUT2D eigenvalue weighted by atomic mass is 10.0. The van der Waals surface area contributed by atoms with Crippen LogP contribution in [0, 0.1) is 17.8 Å². The number of nitrogens with zero attached hydrogens (tertiary/aromatic N) is 1. The average molecular weight is 941 g/mol. The van der Waals surface area contributed by atoms with Gasteiger partial charge in [-0.1, -0.05) is 41.5 Å². The van der Waals surface area contributed by atoms with Crippen LogP contribution in [-0.4, -0.2) is 144 Å². The van der Waals surface area contributed by atoms with E-state index >= 15 is 0 Å². The van der Waals surface area contributed by atoms with E-state index in [2.05, 4.69) is 52.8 Å². The van der Waals surface area contributed by atoms with Crippen molar-refractivity contribution in [2.75, 3.05) is 19.6 Å². The average Bonchev–Trinajstić information content (AvgIpc) is 3.20. The molecule has 0 rings (SSSR count). The van der Waals surface area contributed by atoms with E-state index in [-0.39, 0.29) is 50.0 Å². The summed E-state index contributed by atoms with van der Waals surface area (Å²) in [6, 6.07) is -10.1. The number of aliphatic carboxylic acids is 1. The number of carbonyl (C=O) groups is 11. The molecule has 374 valence electrons. The summed E-state index contributed by atoms with van der Waals surface area (Å²) in [6.45, 7) is 13.3. The van der Waals surface area contributed by atoms with E-state index < -0.39 is 139 Å². The first kappa shape index (κ1) is 59.4. The predicted octanol–water partition coefficient (Wildman–Crippen LogP) is -5.24. The van der Waals surface area contributed by atoms with Crippen molar-refractivity contribution >= 4 is 71.0 Å². The fraction of sp³-hybridized carbons (Fsp3) is 0.700. The molecule has 0 aliphatic heterocycles. The molecule has 26 heteroatoms. The molecule has 10 amide bonds. The van der Waals surface area contributed by atoms with Gasteiger partial charge in [0, 0.05) is 6.54 Å². The van der Waals surface area contributed by atoms with Crippen LogP contribution in [0.15, 0.2) is 4.99 Å². The molecule has 0 saturated heterocycles. The minimum absolute atomic E-state index is 0.0243. The highest BCUT2D eigenvalue weighted by atomic mass is 16.4. The zero-order valence-corrected chi connectivity index (χ0v) is 39.2. The predicted molar refractivity (Wildman–Crippen MR) is 240 cm³/mol. The van der Waals surface area contributed by atoms with Crippen LogP contribution in [0.5, 0.6) is 0 Å². The van der Waals surface area contributed by atoms with Crippen molar-refractivity contribution in [1.82, 2.24) is 47.9 Å². The normalized spacial score (nSPS) is 14.6. The smallest absolute Gasteiger partial charge is 0.326 e. The van der Waals surface area contributed by atoms with Crippen LogP contribution in [0.2, 0.25) is 0 Å². The minimum Gasteiger partial charge on any atom is -0.480 e. The molecule has 0 aromatic rings. The largest absolute Gasteiger partial charge is 0.480 e. The molecule has 0 aliphatic carbocycles. The monoisotopic (exact) mass is 941 g/mol. The zero-order chi connectivity index (χ0) is 51.0. The standard InChI is InChI=1S/C40H72N14O12/c1-18(2)13-25(36(62)48-22(8)33(59)47-16-29(56)46-17-30(57)50-27(39(65)66)14-19(3)4)52-34(60)23(9)49-37(63)26(15-28(42)55)53-35(61)24(11-10-12-45-40(43)44)51-38(64)31(20(5)6)54-32(58)21(7)41/h18-27,31H,10-17,41H2,1-9H3,(H2,42,55)(H,46,56)(H,47,59)(H,48,62)(H,49,63)(H,50,57)(H,51,64)(H,52,60)(H,53,61)(H,54,58)(H,65,66)(H4,43,44,45)/t21-,22-,23-,24-,25-,26-,27-,31-/m0/s1. The minimum atomic E-state index is -1.66. The van der Waals surface area contributed by atoms with Crippen LogP contribution in [0.1, 0.15) is 94.4 Å². The van der Waals surface area contributed by atoms with Crippen molar-refractivity contribution in [1.29, 1.82) is 0 Å². The summed E-state index contributed by atoms with van der Waals surface area (Å²) in [7, 11) is 0. The van der Waals surface area contributed by atoms with Gasteiger partial charge in [0.25, 0.3) is 0 Å². The van der Waals surface area contributed by atoms with Crippen LogP contribution in [0.4, 0.5) is 0 Å². The molecule has 0 fully saturated rings. The van der Waals surface area contributed by atoms with E-state index in [1.807, 2.05) is 0 Å². The maximum absolute atomic E-state index is 13.7. The number of nitrogens with two attached hydrogens (primary N) is 4. The Morgan fingerprint density at radius 1 is 0.515 bits per heavy atom. The Morgan fingerprint density at radius 3 is 1.50 bits per heavy atom. The summed E-state index contributed by atoms with van der Waals surface area (Å²) < 4.78 is 0. The fourth-order valence-electron chi connectivity index (χ4n) is 5.80. The van der Waals surface area contributed by atoms with Gasteiger partial charge in [0.2, 0.25) is 59.1 Å². The third-order valence-electron chi connectivity index (χ3n) is 9.33. The second-order valence-electron chi connectivity index (χ2n) is 17.0. The zero-order valence-electron chi connectivity index (χ0n) is 39.2. The van der Waals surface area contributed by atoms with Gasteiger partial charge in [0.05, 0.1) is 25.6 Å². The fourth-order valence-corrected chi connectivity index (χ4v) is 5.80. The lowest BCUT2D eigenvalue weighted by Gasteiger charge is -2.27. The highest BCUT2D eigenvalue weighted by Crippen LogP contribution is 2.09. The number of amides is 10. The number of primary amides is 1. The molecule has 8 atom stereocenters. The number of nitrogens with one attached hydrogen (secondary N) is 9. The van der Waals surface area contributed by atoms with Crippen LogP contribution in [-0.2, 0) is 52.7 Å². The molecule has 0 spiro atoms. The maximum atomic E-state index is 13.7. The van der Waals surface area contributed by atoms with E-state index in [0.29, 0.717) is 0 Å². The van der Waals surface area contributed by atoms with Crippen molar-refractivity contribution in [3.8, 4) is 0 Å². The van der Waals surface area contributed by atoms with Crippen molar-refractivity contribution in [3.63, 3.8) is 0 Å². The van der Waals surface area contributed by atoms with Crippen LogP contribution >= 0.6 is 0 Å². The quantitative estimate of drug-likeness (QED) is 0.0182. The molecule has 0 aromatic carbocycles. The number of carboxylic acids is 1. The van der Waals surface area contributed by atoms with E-state index in [1.165, 1.54) is 20.8 Å². The molecule has 26 nitrogen and oxygen atoms in total. The van der Waals surface area contributed by atoms with Crippen molar-refractivity contribution in [3.05, 3.63) is 0 Å². The number of hydrogen-bond donors (Lipinski definition) is 14. The van der Waals surface area contributed by atoms with E-state index in [4.69, 9.17) is 22.9 Å². The van der Waals surface area contributed by atoms with Gasteiger partial charge in [-0.05, 0) is 64.2 Å². The molecule has 66 heavy (non-hydrogen) atoms. The summed E-state index contributed by atoms with van der Waals surface area (Å²) in [4.78, 5) is 144. The van der Waals surface area contributed by atoms with Crippen molar-refractivity contribution in [2.24, 2.45) is 45.7 Å². The van der Waals surface area contributed by atoms with Gasteiger partial charge in [-0.2, -0.15) is 0 Å². The van der Waals surface area contributed by atoms with Gasteiger partial charge >= 0.3 is 5.97 Å². The Kier molecular flexibility index (Phi) is 26.8. The van der Waals surface area contributed by atoms with E-state index in [1.54, 1.807) is 41.5 Å². The van der Waals surface area contributed by atoms with Gasteiger partial charge in [-0.15, -0.1) is 0 Å². The molecule has 0 bridgehead atoms. The number of rotatable bonds is 30. The molecule has 0 radical (unpaired) electrons. The molecule has 0 saturated carbocycles. The Bertz CT molecular complexity index is 1750. The summed E-state index contributed by atoms with van der Waals surface area (Å²) in [6.07, 6.45) is -0.413. The maximum Gasteiger partial charge on any atom is 0.326 e. The van der Waals surface area contributed by atoms with Gasteiger partial charge in [-0.3, -0.25) is 52.9 Å². The van der Waals surface area contributed by atoms with Crippen molar-refractivity contribution < 1.29 is 57.8 Å². The first-order valence-electron chi connectivity index (χ1n) is 21.5. The topological polar surface area (TPSA) is 433 Å². The molecule has 0 heterocycles. The van der Waals surface area contributed by atoms with Gasteiger partial charge in [-0.25, -0.2) is 4.79 Å². The first-order valence-corrected chi connectivity index (χ1v) is 21.5. The summed E-state index contributed by atoms with van der Waals surface area (Å²) in [5.74, 6) is -10.5. The molecular weight excluding hydrogens is 869 g/mol. The lowest BCUT2D eigenvalue weighted by Crippen LogP contribution is -2.60. The first-order chi connectivity index (χ1) is 30.5. The van der Waals surface area contributed by atoms with Gasteiger partial charge in [0.15, 0.2) is 5.96 Å². The molecular formula is C40H72N14O12. The van der Waals surface area contributed by atoms with Crippen LogP contribution in [0.25, 0.3) is 0 Å².